The van der Waals surface area contributed by atoms with E-state index in [1.54, 1.807) is 11.3 Å². The zero-order valence-corrected chi connectivity index (χ0v) is 12.2. The fraction of sp³-hybridized carbons (Fsp3) is 0.500. The first kappa shape index (κ1) is 13.2. The van der Waals surface area contributed by atoms with E-state index in [2.05, 4.69) is 10.3 Å². The Morgan fingerprint density at radius 2 is 2.11 bits per heavy atom. The third-order valence-electron chi connectivity index (χ3n) is 3.78. The molecule has 1 aliphatic rings. The molecule has 0 radical (unpaired) electrons. The second kappa shape index (κ2) is 5.65. The highest BCUT2D eigenvalue weighted by molar-refractivity contribution is 7.22. The Labute approximate surface area is 121 Å². The lowest BCUT2D eigenvalue weighted by Crippen LogP contribution is -2.27. The smallest absolute Gasteiger partial charge is 0.184 e. The van der Waals surface area contributed by atoms with Gasteiger partial charge >= 0.3 is 0 Å². The van der Waals surface area contributed by atoms with E-state index < -0.39 is 0 Å². The van der Waals surface area contributed by atoms with Crippen LogP contribution in [0.1, 0.15) is 25.7 Å². The summed E-state index contributed by atoms with van der Waals surface area (Å²) in [5, 5.41) is 14.4. The van der Waals surface area contributed by atoms with Gasteiger partial charge in [0.15, 0.2) is 5.13 Å². The van der Waals surface area contributed by atoms with Crippen molar-refractivity contribution in [3.05, 3.63) is 23.2 Å². The lowest BCUT2D eigenvalue weighted by atomic mass is 9.87. The van der Waals surface area contributed by atoms with Crippen LogP contribution in [0.2, 0.25) is 5.02 Å². The van der Waals surface area contributed by atoms with Crippen LogP contribution in [0.4, 0.5) is 5.13 Å². The van der Waals surface area contributed by atoms with E-state index in [1.165, 1.54) is 0 Å². The predicted molar refractivity (Wildman–Crippen MR) is 81.1 cm³/mol. The number of thiazole rings is 1. The lowest BCUT2D eigenvalue weighted by molar-refractivity contribution is 0.186. The van der Waals surface area contributed by atoms with Crippen molar-refractivity contribution in [2.75, 3.05) is 11.9 Å². The minimum Gasteiger partial charge on any atom is -0.396 e. The van der Waals surface area contributed by atoms with Crippen LogP contribution in [-0.2, 0) is 0 Å². The molecule has 1 saturated carbocycles. The third kappa shape index (κ3) is 3.02. The van der Waals surface area contributed by atoms with E-state index in [9.17, 15) is 0 Å². The normalized spacial score (nSPS) is 23.7. The van der Waals surface area contributed by atoms with Crippen molar-refractivity contribution < 1.29 is 5.11 Å². The standard InChI is InChI=1S/C14H17ClN2OS/c15-10-3-6-12-13(7-10)19-14(17-12)16-11-4-1-9(8-18)2-5-11/h3,6-7,9,11,18H,1-2,4-5,8H2,(H,16,17). The fourth-order valence-electron chi connectivity index (χ4n) is 2.62. The van der Waals surface area contributed by atoms with Gasteiger partial charge in [0.05, 0.1) is 10.2 Å². The number of benzene rings is 1. The van der Waals surface area contributed by atoms with Crippen molar-refractivity contribution in [2.45, 2.75) is 31.7 Å². The summed E-state index contributed by atoms with van der Waals surface area (Å²) in [6, 6.07) is 6.28. The van der Waals surface area contributed by atoms with Gasteiger partial charge in [0, 0.05) is 17.7 Å². The summed E-state index contributed by atoms with van der Waals surface area (Å²) in [6.45, 7) is 0.326. The van der Waals surface area contributed by atoms with Crippen LogP contribution in [0.25, 0.3) is 10.2 Å². The molecule has 2 N–H and O–H groups in total. The largest absolute Gasteiger partial charge is 0.396 e. The molecule has 3 rings (SSSR count). The molecule has 0 saturated heterocycles. The van der Waals surface area contributed by atoms with Crippen LogP contribution >= 0.6 is 22.9 Å². The highest BCUT2D eigenvalue weighted by atomic mass is 35.5. The summed E-state index contributed by atoms with van der Waals surface area (Å²) in [5.41, 5.74) is 1.00. The van der Waals surface area contributed by atoms with Crippen molar-refractivity contribution >= 4 is 38.3 Å². The number of aliphatic hydroxyl groups excluding tert-OH is 1. The first-order valence-electron chi connectivity index (χ1n) is 6.68. The molecule has 0 aliphatic heterocycles. The number of halogens is 1. The number of nitrogens with one attached hydrogen (secondary N) is 1. The Morgan fingerprint density at radius 3 is 2.84 bits per heavy atom. The maximum atomic E-state index is 9.15. The SMILES string of the molecule is OCC1CCC(Nc2nc3ccc(Cl)cc3s2)CC1. The second-order valence-corrected chi connectivity index (χ2v) is 6.64. The molecule has 3 nitrogen and oxygen atoms in total. The molecule has 0 bridgehead atoms. The Kier molecular flexibility index (Phi) is 3.91. The molecule has 0 unspecified atom stereocenters. The number of hydrogen-bond acceptors (Lipinski definition) is 4. The molecule has 1 heterocycles. The summed E-state index contributed by atoms with van der Waals surface area (Å²) in [7, 11) is 0. The van der Waals surface area contributed by atoms with Gasteiger partial charge in [-0.3, -0.25) is 0 Å². The first-order chi connectivity index (χ1) is 9.24. The quantitative estimate of drug-likeness (QED) is 0.902. The van der Waals surface area contributed by atoms with E-state index in [0.29, 0.717) is 18.6 Å². The minimum atomic E-state index is 0.326. The molecule has 5 heteroatoms. The van der Waals surface area contributed by atoms with Gasteiger partial charge in [-0.2, -0.15) is 0 Å². The maximum Gasteiger partial charge on any atom is 0.184 e. The molecule has 1 aromatic heterocycles. The van der Waals surface area contributed by atoms with Crippen molar-refractivity contribution in [2.24, 2.45) is 5.92 Å². The van der Waals surface area contributed by atoms with E-state index in [0.717, 1.165) is 46.1 Å². The van der Waals surface area contributed by atoms with Crippen molar-refractivity contribution in [1.82, 2.24) is 4.98 Å². The van der Waals surface area contributed by atoms with Crippen LogP contribution in [0.3, 0.4) is 0 Å². The number of fused-ring (bicyclic) bond motifs is 1. The number of aromatic nitrogens is 1. The topological polar surface area (TPSA) is 45.1 Å². The molecular weight excluding hydrogens is 280 g/mol. The number of nitrogens with zero attached hydrogens (tertiary/aromatic N) is 1. The molecule has 0 spiro atoms. The van der Waals surface area contributed by atoms with Crippen molar-refractivity contribution in [1.29, 1.82) is 0 Å². The van der Waals surface area contributed by atoms with Gasteiger partial charge in [0.25, 0.3) is 0 Å². The van der Waals surface area contributed by atoms with Gasteiger partial charge in [-0.15, -0.1) is 0 Å². The average Bonchev–Trinajstić information content (AvgIpc) is 2.81. The first-order valence-corrected chi connectivity index (χ1v) is 7.87. The van der Waals surface area contributed by atoms with E-state index in [4.69, 9.17) is 16.7 Å². The monoisotopic (exact) mass is 296 g/mol. The van der Waals surface area contributed by atoms with Crippen LogP contribution in [0.5, 0.6) is 0 Å². The highest BCUT2D eigenvalue weighted by Gasteiger charge is 2.21. The molecule has 0 atom stereocenters. The minimum absolute atomic E-state index is 0.326. The number of hydrogen-bond donors (Lipinski definition) is 2. The predicted octanol–water partition coefficient (Wildman–Crippen LogP) is 3.91. The summed E-state index contributed by atoms with van der Waals surface area (Å²) in [4.78, 5) is 4.59. The zero-order chi connectivity index (χ0) is 13.2. The van der Waals surface area contributed by atoms with E-state index in [-0.39, 0.29) is 0 Å². The second-order valence-electron chi connectivity index (χ2n) is 5.18. The van der Waals surface area contributed by atoms with Crippen LogP contribution < -0.4 is 5.32 Å². The summed E-state index contributed by atoms with van der Waals surface area (Å²) < 4.78 is 1.12. The van der Waals surface area contributed by atoms with Gasteiger partial charge in [-0.25, -0.2) is 4.98 Å². The van der Waals surface area contributed by atoms with Crippen LogP contribution in [-0.4, -0.2) is 22.7 Å². The number of aliphatic hydroxyl groups is 1. The molecule has 19 heavy (non-hydrogen) atoms. The molecule has 1 aromatic carbocycles. The van der Waals surface area contributed by atoms with Gasteiger partial charge in [-0.1, -0.05) is 22.9 Å². The Bertz CT molecular complexity index is 564. The van der Waals surface area contributed by atoms with E-state index >= 15 is 0 Å². The Morgan fingerprint density at radius 1 is 1.32 bits per heavy atom. The maximum absolute atomic E-state index is 9.15. The van der Waals surface area contributed by atoms with Crippen molar-refractivity contribution in [3.63, 3.8) is 0 Å². The Balaban J connectivity index is 1.68. The van der Waals surface area contributed by atoms with Gasteiger partial charge in [-0.05, 0) is 49.8 Å². The summed E-state index contributed by atoms with van der Waals surface area (Å²) in [5.74, 6) is 0.493. The van der Waals surface area contributed by atoms with Gasteiger partial charge in [0.2, 0.25) is 0 Å². The Hall–Kier alpha value is -0.840. The zero-order valence-electron chi connectivity index (χ0n) is 10.6. The van der Waals surface area contributed by atoms with Crippen LogP contribution in [0, 0.1) is 5.92 Å². The lowest BCUT2D eigenvalue weighted by Gasteiger charge is -2.27. The molecule has 1 fully saturated rings. The molecule has 2 aromatic rings. The van der Waals surface area contributed by atoms with E-state index in [1.807, 2.05) is 18.2 Å². The average molecular weight is 297 g/mol. The van der Waals surface area contributed by atoms with Crippen LogP contribution in [0.15, 0.2) is 18.2 Å². The molecule has 1 aliphatic carbocycles. The van der Waals surface area contributed by atoms with Gasteiger partial charge < -0.3 is 10.4 Å². The highest BCUT2D eigenvalue weighted by Crippen LogP contribution is 2.31. The van der Waals surface area contributed by atoms with Gasteiger partial charge in [0.1, 0.15) is 0 Å². The summed E-state index contributed by atoms with van der Waals surface area (Å²) in [6.07, 6.45) is 4.43. The molecule has 102 valence electrons. The number of rotatable bonds is 3. The van der Waals surface area contributed by atoms with Crippen molar-refractivity contribution in [3.8, 4) is 0 Å². The number of anilines is 1. The fourth-order valence-corrected chi connectivity index (χ4v) is 3.84. The summed E-state index contributed by atoms with van der Waals surface area (Å²) >= 11 is 7.64. The molecular formula is C14H17ClN2OS. The third-order valence-corrected chi connectivity index (χ3v) is 4.97. The molecule has 0 amide bonds.